The Labute approximate surface area is 353 Å². The molecule has 59 heavy (non-hydrogen) atoms. The molecule has 7 rings (SSSR count). The van der Waals surface area contributed by atoms with Gasteiger partial charge >= 0.3 is 11.4 Å². The number of phenols is 1. The lowest BCUT2D eigenvalue weighted by molar-refractivity contribution is -0.392. The number of nitro groups is 2. The largest absolute Gasteiger partial charge is 0.503 e. The summed E-state index contributed by atoms with van der Waals surface area (Å²) in [4.78, 5) is 75.7. The fourth-order valence-electron chi connectivity index (χ4n) is 8.60. The summed E-state index contributed by atoms with van der Waals surface area (Å²) in [6.45, 7) is 0. The minimum atomic E-state index is -2.93. The van der Waals surface area contributed by atoms with Gasteiger partial charge in [-0.25, -0.2) is 31.8 Å². The Balaban J connectivity index is 1.46. The summed E-state index contributed by atoms with van der Waals surface area (Å²) < 4.78 is 79.3. The first-order valence-corrected chi connectivity index (χ1v) is 19.1. The average molecular weight is 998 g/mol. The summed E-state index contributed by atoms with van der Waals surface area (Å²) in [5.74, 6) is -25.3. The standard InChI is InChI=1S/C35H22Br2Cl2F5N5O10/c1-45(2)27-15(48(55)56)6-10(7-16(27)49(57)58)46-30(51)12-5-4-11-14(18(12)31(46)52)9-34(38)32(53)47(28-25(43)23(41)22(40)24(42)26(28)44)33(54)35(34,39)19(11)13-8-17(59-3)29(50)21(37)20(13)36/h4,6-8,12,14,18-19,50H,5,9H2,1-3H3/t12-,14+,18-,19+,34+,35-/m0/s1. The van der Waals surface area contributed by atoms with E-state index < -0.39 is 137 Å². The molecule has 0 radical (unpaired) electrons. The Morgan fingerprint density at radius 2 is 1.39 bits per heavy atom. The molecule has 4 aliphatic rings. The molecule has 0 unspecified atom stereocenters. The lowest BCUT2D eigenvalue weighted by Gasteiger charge is -2.51. The highest BCUT2D eigenvalue weighted by molar-refractivity contribution is 9.13. The molecule has 24 heteroatoms. The Morgan fingerprint density at radius 1 is 0.847 bits per heavy atom. The van der Waals surface area contributed by atoms with Gasteiger partial charge in [-0.2, -0.15) is 0 Å². The maximum absolute atomic E-state index is 15.4. The molecule has 2 aliphatic heterocycles. The van der Waals surface area contributed by atoms with E-state index in [1.807, 2.05) is 0 Å². The molecule has 6 atom stereocenters. The molecule has 4 amide bonds. The van der Waals surface area contributed by atoms with Crippen LogP contribution in [0.1, 0.15) is 24.3 Å². The molecule has 0 aromatic heterocycles. The van der Waals surface area contributed by atoms with E-state index in [9.17, 15) is 57.7 Å². The molecule has 2 aliphatic carbocycles. The summed E-state index contributed by atoms with van der Waals surface area (Å²) in [5.41, 5.74) is -4.78. The first-order valence-electron chi connectivity index (χ1n) is 16.7. The summed E-state index contributed by atoms with van der Waals surface area (Å²) in [6.07, 6.45) is 0.164. The number of carbonyl (C=O) groups excluding carboxylic acids is 4. The van der Waals surface area contributed by atoms with Crippen LogP contribution in [0.2, 0.25) is 0 Å². The van der Waals surface area contributed by atoms with Crippen molar-refractivity contribution >= 4 is 107 Å². The van der Waals surface area contributed by atoms with Gasteiger partial charge in [-0.1, -0.05) is 11.6 Å². The van der Waals surface area contributed by atoms with Crippen LogP contribution < -0.4 is 19.4 Å². The van der Waals surface area contributed by atoms with Crippen molar-refractivity contribution in [3.8, 4) is 11.5 Å². The van der Waals surface area contributed by atoms with Gasteiger partial charge in [0.15, 0.2) is 50.2 Å². The molecule has 1 saturated carbocycles. The predicted molar refractivity (Wildman–Crippen MR) is 203 cm³/mol. The number of anilines is 3. The number of methoxy groups -OCH3 is 1. The highest BCUT2D eigenvalue weighted by Crippen LogP contribution is 2.67. The number of ether oxygens (including phenoxy) is 1. The smallest absolute Gasteiger partial charge is 0.301 e. The van der Waals surface area contributed by atoms with Crippen molar-refractivity contribution in [1.29, 1.82) is 0 Å². The van der Waals surface area contributed by atoms with Gasteiger partial charge in [0.05, 0.1) is 39.0 Å². The fourth-order valence-corrected chi connectivity index (χ4v) is 10.5. The normalized spacial score (nSPS) is 26.1. The van der Waals surface area contributed by atoms with E-state index >= 15 is 8.78 Å². The summed E-state index contributed by atoms with van der Waals surface area (Å²) in [6, 6.07) is 2.72. The second-order valence-electron chi connectivity index (χ2n) is 14.1. The Bertz CT molecular complexity index is 2510. The third kappa shape index (κ3) is 5.54. The van der Waals surface area contributed by atoms with E-state index in [0.717, 1.165) is 30.2 Å². The van der Waals surface area contributed by atoms with Crippen LogP contribution in [0, 0.1) is 67.1 Å². The lowest BCUT2D eigenvalue weighted by atomic mass is 9.56. The minimum Gasteiger partial charge on any atom is -0.503 e. The topological polar surface area (TPSA) is 194 Å². The average Bonchev–Trinajstić information content (AvgIpc) is 3.52. The zero-order valence-electron chi connectivity index (χ0n) is 29.8. The number of amides is 4. The van der Waals surface area contributed by atoms with Crippen molar-refractivity contribution in [1.82, 2.24) is 0 Å². The van der Waals surface area contributed by atoms with Crippen LogP contribution in [-0.2, 0) is 19.2 Å². The van der Waals surface area contributed by atoms with Crippen LogP contribution in [0.4, 0.5) is 50.4 Å². The van der Waals surface area contributed by atoms with Gasteiger partial charge in [0.25, 0.3) is 11.8 Å². The van der Waals surface area contributed by atoms with Crippen LogP contribution >= 0.6 is 55.1 Å². The Morgan fingerprint density at radius 3 is 1.90 bits per heavy atom. The number of imide groups is 2. The van der Waals surface area contributed by atoms with Crippen LogP contribution in [0.15, 0.2) is 38.8 Å². The van der Waals surface area contributed by atoms with E-state index in [1.165, 1.54) is 20.2 Å². The molecule has 0 bridgehead atoms. The van der Waals surface area contributed by atoms with Crippen LogP contribution in [0.5, 0.6) is 11.5 Å². The van der Waals surface area contributed by atoms with E-state index in [-0.39, 0.29) is 37.2 Å². The maximum Gasteiger partial charge on any atom is 0.301 e. The first-order chi connectivity index (χ1) is 27.5. The number of nitro benzene ring substituents is 2. The number of allylic oxidation sites excluding steroid dienone is 2. The van der Waals surface area contributed by atoms with Gasteiger partial charge in [-0.3, -0.25) is 39.4 Å². The predicted octanol–water partition coefficient (Wildman–Crippen LogP) is 7.27. The number of hydrogen-bond donors (Lipinski definition) is 1. The van der Waals surface area contributed by atoms with Crippen molar-refractivity contribution in [2.24, 2.45) is 17.8 Å². The zero-order chi connectivity index (χ0) is 43.7. The zero-order valence-corrected chi connectivity index (χ0v) is 34.5. The number of phenolic OH excluding ortho intramolecular Hbond substituents is 1. The molecule has 2 saturated heterocycles. The molecular weight excluding hydrogens is 976 g/mol. The van der Waals surface area contributed by atoms with Crippen LogP contribution in [0.3, 0.4) is 0 Å². The van der Waals surface area contributed by atoms with Gasteiger partial charge in [-0.05, 0) is 62.2 Å². The van der Waals surface area contributed by atoms with E-state index in [0.29, 0.717) is 4.90 Å². The number of alkyl halides is 2. The first kappa shape index (κ1) is 42.2. The number of halogens is 9. The highest BCUT2D eigenvalue weighted by atomic mass is 79.9. The molecule has 0 spiro atoms. The molecule has 310 valence electrons. The number of nitrogens with zero attached hydrogens (tertiary/aromatic N) is 5. The second kappa shape index (κ2) is 14.1. The summed E-state index contributed by atoms with van der Waals surface area (Å²) in [5, 5.41) is 35.1. The maximum atomic E-state index is 15.4. The van der Waals surface area contributed by atoms with Crippen LogP contribution in [0.25, 0.3) is 0 Å². The highest BCUT2D eigenvalue weighted by Gasteiger charge is 2.77. The summed E-state index contributed by atoms with van der Waals surface area (Å²) in [7, 11) is 3.73. The minimum absolute atomic E-state index is 0.0150. The van der Waals surface area contributed by atoms with E-state index in [4.69, 9.17) is 27.9 Å². The quantitative estimate of drug-likeness (QED) is 0.0366. The lowest BCUT2D eigenvalue weighted by Crippen LogP contribution is -2.60. The van der Waals surface area contributed by atoms with Gasteiger partial charge in [0.2, 0.25) is 17.6 Å². The molecule has 3 aromatic carbocycles. The van der Waals surface area contributed by atoms with Crippen molar-refractivity contribution in [3.63, 3.8) is 0 Å². The second-order valence-corrected chi connectivity index (χ2v) is 16.9. The number of carbonyl (C=O) groups is 4. The third-order valence-corrected chi connectivity index (χ3v) is 14.7. The van der Waals surface area contributed by atoms with Crippen molar-refractivity contribution in [2.75, 3.05) is 35.9 Å². The van der Waals surface area contributed by atoms with Gasteiger partial charge in [0, 0.05) is 36.6 Å². The Hall–Kier alpha value is -4.93. The van der Waals surface area contributed by atoms with Crippen molar-refractivity contribution in [3.05, 3.63) is 93.7 Å². The van der Waals surface area contributed by atoms with E-state index in [1.54, 1.807) is 0 Å². The molecule has 3 fully saturated rings. The van der Waals surface area contributed by atoms with E-state index in [2.05, 4.69) is 31.9 Å². The number of hydrogen-bond acceptors (Lipinski definition) is 11. The molecule has 15 nitrogen and oxygen atoms in total. The SMILES string of the molecule is COc1cc([C@H]2C3=CC[C@@H]4C(=O)N(c5cc([N+](=O)[O-])c(N(C)C)c([N+](=O)[O-])c5)C(=O)[C@@H]4[C@@H]3C[C@@]3(Cl)C(=O)N(c4c(F)c(F)c(F)c(F)c4F)C(=O)[C@@]23Cl)c(Br)c(Br)c1O. The monoisotopic (exact) mass is 995 g/mol. The third-order valence-electron chi connectivity index (χ3n) is 11.1. The number of rotatable bonds is 7. The summed E-state index contributed by atoms with van der Waals surface area (Å²) >= 11 is 20.8. The molecule has 3 aromatic rings. The van der Waals surface area contributed by atoms with Gasteiger partial charge < -0.3 is 14.7 Å². The van der Waals surface area contributed by atoms with Gasteiger partial charge in [0.1, 0.15) is 5.69 Å². The number of benzene rings is 3. The fraction of sp³-hybridized carbons (Fsp3) is 0.314. The van der Waals surface area contributed by atoms with Gasteiger partial charge in [-0.15, -0.1) is 23.2 Å². The Kier molecular flexibility index (Phi) is 10.1. The number of aromatic hydroxyl groups is 1. The molecular formula is C35H22Br2Cl2F5N5O10. The number of fused-ring (bicyclic) bond motifs is 4. The molecule has 1 N–H and O–H groups in total. The van der Waals surface area contributed by atoms with Crippen LogP contribution in [-0.4, -0.2) is 69.5 Å². The van der Waals surface area contributed by atoms with Crippen molar-refractivity contribution < 1.29 is 60.8 Å². The van der Waals surface area contributed by atoms with Crippen molar-refractivity contribution in [2.45, 2.75) is 28.5 Å². The molecule has 2 heterocycles.